The third-order valence-corrected chi connectivity index (χ3v) is 5.01. The third-order valence-electron chi connectivity index (χ3n) is 3.55. The molecule has 0 saturated carbocycles. The molecular formula is C13H18N2O8P2. The number of benzene rings is 1. The minimum Gasteiger partial charge on any atom is -0.480 e. The van der Waals surface area contributed by atoms with Crippen molar-refractivity contribution in [2.24, 2.45) is 0 Å². The molecule has 12 heteroatoms. The fraction of sp³-hybridized carbons (Fsp3) is 0.308. The molecule has 138 valence electrons. The van der Waals surface area contributed by atoms with E-state index in [1.54, 1.807) is 30.5 Å². The molecule has 0 saturated heterocycles. The maximum atomic E-state index is 11.6. The number of aromatic amines is 1. The molecular weight excluding hydrogens is 374 g/mol. The summed E-state index contributed by atoms with van der Waals surface area (Å²) in [7, 11) is -9.46. The van der Waals surface area contributed by atoms with Gasteiger partial charge in [-0.05, 0) is 11.6 Å². The maximum Gasteiger partial charge on any atom is 0.339 e. The van der Waals surface area contributed by atoms with Crippen LogP contribution in [-0.2, 0) is 20.3 Å². The van der Waals surface area contributed by atoms with Crippen LogP contribution in [0, 0.1) is 0 Å². The highest BCUT2D eigenvalue weighted by molar-refractivity contribution is 7.52. The first kappa shape index (κ1) is 19.8. The molecule has 2 rings (SSSR count). The summed E-state index contributed by atoms with van der Waals surface area (Å²) in [4.78, 5) is 51.7. The lowest BCUT2D eigenvalue weighted by molar-refractivity contribution is -0.142. The summed E-state index contributed by atoms with van der Waals surface area (Å²) in [6.45, 7) is 0. The van der Waals surface area contributed by atoms with Gasteiger partial charge in [0.2, 0.25) is 0 Å². The lowest BCUT2D eigenvalue weighted by Gasteiger charge is -2.28. The second-order valence-electron chi connectivity index (χ2n) is 5.62. The van der Waals surface area contributed by atoms with Gasteiger partial charge in [0.25, 0.3) is 0 Å². The van der Waals surface area contributed by atoms with Gasteiger partial charge in [-0.25, -0.2) is 0 Å². The van der Waals surface area contributed by atoms with Crippen LogP contribution in [0.1, 0.15) is 5.56 Å². The van der Waals surface area contributed by atoms with Crippen LogP contribution in [0.5, 0.6) is 0 Å². The topological polar surface area (TPSA) is 171 Å². The van der Waals surface area contributed by atoms with E-state index in [-0.39, 0.29) is 6.42 Å². The number of aliphatic carboxylic acids is 1. The molecule has 1 aromatic heterocycles. The van der Waals surface area contributed by atoms with Crippen LogP contribution in [0.2, 0.25) is 0 Å². The smallest absolute Gasteiger partial charge is 0.339 e. The zero-order valence-electron chi connectivity index (χ0n) is 12.9. The van der Waals surface area contributed by atoms with Crippen molar-refractivity contribution in [3.8, 4) is 0 Å². The summed E-state index contributed by atoms with van der Waals surface area (Å²) in [5, 5.41) is 10.2. The molecule has 10 nitrogen and oxygen atoms in total. The van der Waals surface area contributed by atoms with Crippen molar-refractivity contribution < 1.29 is 38.6 Å². The molecule has 0 radical (unpaired) electrons. The van der Waals surface area contributed by atoms with Crippen molar-refractivity contribution in [1.29, 1.82) is 0 Å². The van der Waals surface area contributed by atoms with E-state index in [0.717, 1.165) is 10.9 Å². The number of nitrogens with one attached hydrogen (secondary N) is 1. The van der Waals surface area contributed by atoms with Gasteiger partial charge in [-0.2, -0.15) is 0 Å². The van der Waals surface area contributed by atoms with E-state index in [1.165, 1.54) is 0 Å². The van der Waals surface area contributed by atoms with Crippen molar-refractivity contribution >= 4 is 32.1 Å². The van der Waals surface area contributed by atoms with E-state index >= 15 is 0 Å². The molecule has 0 aliphatic carbocycles. The Bertz CT molecular complexity index is 831. The highest BCUT2D eigenvalue weighted by Crippen LogP contribution is 2.42. The standard InChI is InChI=1S/C13H18N2O8P2/c16-13(17)12(15(7-24(18,19)20)8-25(21,22)23)5-9-6-14-11-4-2-1-3-10(9)11/h1-4,6,12,14H,5,7-8H2,(H,16,17)(H2,18,19,20)(H2,21,22,23)/t12-/m0/s1. The Morgan fingerprint density at radius 1 is 1.08 bits per heavy atom. The number of carboxylic acid groups (broad SMARTS) is 1. The summed E-state index contributed by atoms with van der Waals surface area (Å²) >= 11 is 0. The molecule has 1 heterocycles. The molecule has 0 amide bonds. The average molecular weight is 392 g/mol. The highest BCUT2D eigenvalue weighted by atomic mass is 31.2. The van der Waals surface area contributed by atoms with Crippen LogP contribution < -0.4 is 0 Å². The number of H-pyrrole nitrogens is 1. The first-order valence-corrected chi connectivity index (χ1v) is 10.7. The predicted molar refractivity (Wildman–Crippen MR) is 89.1 cm³/mol. The molecule has 1 aromatic carbocycles. The van der Waals surface area contributed by atoms with Crippen molar-refractivity contribution in [3.05, 3.63) is 36.0 Å². The van der Waals surface area contributed by atoms with E-state index in [2.05, 4.69) is 4.98 Å². The lowest BCUT2D eigenvalue weighted by atomic mass is 10.0. The van der Waals surface area contributed by atoms with Gasteiger partial charge in [0, 0.05) is 23.5 Å². The van der Waals surface area contributed by atoms with Crippen LogP contribution in [0.25, 0.3) is 10.9 Å². The van der Waals surface area contributed by atoms with E-state index in [9.17, 15) is 19.0 Å². The van der Waals surface area contributed by atoms with E-state index in [0.29, 0.717) is 10.5 Å². The van der Waals surface area contributed by atoms with Gasteiger partial charge in [0.15, 0.2) is 0 Å². The number of para-hydroxylation sites is 1. The van der Waals surface area contributed by atoms with Crippen molar-refractivity contribution in [2.45, 2.75) is 12.5 Å². The number of rotatable bonds is 8. The van der Waals surface area contributed by atoms with Gasteiger partial charge in [-0.1, -0.05) is 18.2 Å². The van der Waals surface area contributed by atoms with Gasteiger partial charge in [-0.15, -0.1) is 0 Å². The first-order chi connectivity index (χ1) is 11.5. The molecule has 0 bridgehead atoms. The molecule has 0 unspecified atom stereocenters. The van der Waals surface area contributed by atoms with Gasteiger partial charge in [0.1, 0.15) is 18.6 Å². The Morgan fingerprint density at radius 3 is 2.16 bits per heavy atom. The van der Waals surface area contributed by atoms with Crippen molar-refractivity contribution in [1.82, 2.24) is 9.88 Å². The quantitative estimate of drug-likeness (QED) is 0.354. The summed E-state index contributed by atoms with van der Waals surface area (Å²) in [5.41, 5.74) is 1.31. The van der Waals surface area contributed by atoms with E-state index in [1.807, 2.05) is 0 Å². The number of hydrogen-bond acceptors (Lipinski definition) is 4. The van der Waals surface area contributed by atoms with E-state index in [4.69, 9.17) is 19.6 Å². The lowest BCUT2D eigenvalue weighted by Crippen LogP contribution is -2.43. The number of hydrogen-bond donors (Lipinski definition) is 6. The average Bonchev–Trinajstić information content (AvgIpc) is 2.83. The zero-order chi connectivity index (χ0) is 18.8. The number of nitrogens with zero attached hydrogens (tertiary/aromatic N) is 1. The summed E-state index contributed by atoms with van der Waals surface area (Å²) in [5.74, 6) is -1.44. The Kier molecular flexibility index (Phi) is 5.86. The van der Waals surface area contributed by atoms with Gasteiger partial charge in [-0.3, -0.25) is 18.8 Å². The Morgan fingerprint density at radius 2 is 1.64 bits per heavy atom. The van der Waals surface area contributed by atoms with Gasteiger partial charge in [0.05, 0.1) is 0 Å². The van der Waals surface area contributed by atoms with Crippen LogP contribution in [-0.4, -0.2) is 59.1 Å². The van der Waals surface area contributed by atoms with Crippen LogP contribution in [0.3, 0.4) is 0 Å². The maximum absolute atomic E-state index is 11.6. The Labute approximate surface area is 142 Å². The molecule has 0 aliphatic rings. The molecule has 0 spiro atoms. The van der Waals surface area contributed by atoms with Crippen LogP contribution in [0.15, 0.2) is 30.5 Å². The predicted octanol–water partition coefficient (Wildman–Crippen LogP) is 0.736. The largest absolute Gasteiger partial charge is 0.480 e. The molecule has 0 fully saturated rings. The first-order valence-electron chi connectivity index (χ1n) is 7.07. The molecule has 0 aliphatic heterocycles. The summed E-state index contributed by atoms with van der Waals surface area (Å²) < 4.78 is 22.5. The number of carboxylic acids is 1. The molecule has 6 N–H and O–H groups in total. The van der Waals surface area contributed by atoms with Gasteiger partial charge >= 0.3 is 21.2 Å². The molecule has 25 heavy (non-hydrogen) atoms. The minimum atomic E-state index is -4.73. The zero-order valence-corrected chi connectivity index (χ0v) is 14.7. The molecule has 1 atom stereocenters. The summed E-state index contributed by atoms with van der Waals surface area (Å²) in [6, 6.07) is 5.54. The minimum absolute atomic E-state index is 0.181. The van der Waals surface area contributed by atoms with Crippen LogP contribution >= 0.6 is 15.2 Å². The fourth-order valence-corrected chi connectivity index (χ4v) is 4.30. The second kappa shape index (κ2) is 7.39. The second-order valence-corrected chi connectivity index (χ2v) is 8.84. The number of aromatic nitrogens is 1. The summed E-state index contributed by atoms with van der Waals surface area (Å²) in [6.07, 6.45) is -0.762. The molecule has 2 aromatic rings. The number of carbonyl (C=O) groups is 1. The highest BCUT2D eigenvalue weighted by Gasteiger charge is 2.35. The monoisotopic (exact) mass is 392 g/mol. The van der Waals surface area contributed by atoms with Crippen molar-refractivity contribution in [2.75, 3.05) is 12.6 Å². The van der Waals surface area contributed by atoms with Crippen molar-refractivity contribution in [3.63, 3.8) is 0 Å². The Balaban J connectivity index is 2.36. The van der Waals surface area contributed by atoms with E-state index < -0.39 is 39.8 Å². The fourth-order valence-electron chi connectivity index (χ4n) is 2.60. The third kappa shape index (κ3) is 5.76. The van der Waals surface area contributed by atoms with Gasteiger partial charge < -0.3 is 29.7 Å². The SMILES string of the molecule is O=C(O)[C@H](Cc1c[nH]c2ccccc12)N(CP(=O)(O)O)CP(=O)(O)O. The van der Waals surface area contributed by atoms with Crippen LogP contribution in [0.4, 0.5) is 0 Å². The Hall–Kier alpha value is -1.51. The number of fused-ring (bicyclic) bond motifs is 1. The normalized spacial score (nSPS) is 14.1.